The van der Waals surface area contributed by atoms with E-state index in [2.05, 4.69) is 0 Å². The summed E-state index contributed by atoms with van der Waals surface area (Å²) in [5.41, 5.74) is 5.39. The van der Waals surface area contributed by atoms with E-state index in [1.165, 1.54) is 0 Å². The minimum Gasteiger partial charge on any atom is -0.488 e. The van der Waals surface area contributed by atoms with Crippen LogP contribution in [-0.4, -0.2) is 18.3 Å². The Morgan fingerprint density at radius 1 is 1.22 bits per heavy atom. The van der Waals surface area contributed by atoms with Gasteiger partial charge in [0.15, 0.2) is 5.82 Å². The molecule has 0 saturated carbocycles. The molecule has 3 nitrogen and oxygen atoms in total. The summed E-state index contributed by atoms with van der Waals surface area (Å²) in [5.74, 6) is -1.41. The maximum Gasteiger partial charge on any atom is 0.152 e. The predicted molar refractivity (Wildman–Crippen MR) is 64.4 cm³/mol. The van der Waals surface area contributed by atoms with Crippen LogP contribution in [0, 0.1) is 11.6 Å². The van der Waals surface area contributed by atoms with Gasteiger partial charge < -0.3 is 15.2 Å². The van der Waals surface area contributed by atoms with Gasteiger partial charge in [-0.1, -0.05) is 0 Å². The maximum absolute atomic E-state index is 13.3. The van der Waals surface area contributed by atoms with Crippen LogP contribution in [0.4, 0.5) is 14.5 Å². The van der Waals surface area contributed by atoms with Crippen molar-refractivity contribution in [1.29, 1.82) is 0 Å². The van der Waals surface area contributed by atoms with Gasteiger partial charge in [0.05, 0.1) is 12.2 Å². The summed E-state index contributed by atoms with van der Waals surface area (Å²) in [6.07, 6.45) is 1.37. The molecule has 5 heteroatoms. The summed E-state index contributed by atoms with van der Waals surface area (Å²) in [5, 5.41) is 0. The minimum atomic E-state index is -0.793. The van der Waals surface area contributed by atoms with E-state index in [1.54, 1.807) is 0 Å². The molecular formula is C13H17F2NO2. The molecule has 2 atom stereocenters. The largest absolute Gasteiger partial charge is 0.488 e. The highest BCUT2D eigenvalue weighted by Gasteiger charge is 2.26. The normalized spacial score (nSPS) is 28.1. The lowest BCUT2D eigenvalue weighted by molar-refractivity contribution is -0.0720. The van der Waals surface area contributed by atoms with Crippen molar-refractivity contribution < 1.29 is 18.3 Å². The summed E-state index contributed by atoms with van der Waals surface area (Å²) in [4.78, 5) is 0. The highest BCUT2D eigenvalue weighted by Crippen LogP contribution is 2.30. The lowest BCUT2D eigenvalue weighted by Crippen LogP contribution is -2.35. The van der Waals surface area contributed by atoms with Gasteiger partial charge in [0.1, 0.15) is 23.4 Å². The van der Waals surface area contributed by atoms with Crippen LogP contribution in [0.3, 0.4) is 0 Å². The Labute approximate surface area is 105 Å². The zero-order valence-corrected chi connectivity index (χ0v) is 10.5. The molecule has 18 heavy (non-hydrogen) atoms. The Bertz CT molecular complexity index is 429. The highest BCUT2D eigenvalue weighted by atomic mass is 19.1. The molecule has 0 bridgehead atoms. The Kier molecular flexibility index (Phi) is 3.71. The van der Waals surface area contributed by atoms with Gasteiger partial charge in [-0.15, -0.1) is 0 Å². The number of rotatable bonds is 2. The Hall–Kier alpha value is -1.36. The molecule has 1 aliphatic rings. The SMILES string of the molecule is CC1CC(Oc2cc(F)cc(F)c2N)CC(C)O1. The number of benzene rings is 1. The second-order valence-corrected chi connectivity index (χ2v) is 4.77. The quantitative estimate of drug-likeness (QED) is 0.828. The average Bonchev–Trinajstić information content (AvgIpc) is 2.23. The second kappa shape index (κ2) is 5.10. The van der Waals surface area contributed by atoms with Crippen LogP contribution >= 0.6 is 0 Å². The van der Waals surface area contributed by atoms with E-state index in [0.29, 0.717) is 12.8 Å². The van der Waals surface area contributed by atoms with E-state index >= 15 is 0 Å². The topological polar surface area (TPSA) is 44.5 Å². The summed E-state index contributed by atoms with van der Waals surface area (Å²) < 4.78 is 37.6. The van der Waals surface area contributed by atoms with Crippen molar-refractivity contribution in [2.24, 2.45) is 0 Å². The van der Waals surface area contributed by atoms with Gasteiger partial charge in [-0.2, -0.15) is 0 Å². The molecule has 0 aliphatic carbocycles. The van der Waals surface area contributed by atoms with Crippen LogP contribution in [0.5, 0.6) is 5.75 Å². The number of halogens is 2. The molecule has 0 radical (unpaired) electrons. The van der Waals surface area contributed by atoms with Crippen LogP contribution in [0.1, 0.15) is 26.7 Å². The third-order valence-electron chi connectivity index (χ3n) is 3.00. The molecule has 2 unspecified atom stereocenters. The second-order valence-electron chi connectivity index (χ2n) is 4.77. The zero-order valence-electron chi connectivity index (χ0n) is 10.5. The van der Waals surface area contributed by atoms with Gasteiger partial charge in [0.25, 0.3) is 0 Å². The van der Waals surface area contributed by atoms with Crippen LogP contribution in [-0.2, 0) is 4.74 Å². The van der Waals surface area contributed by atoms with E-state index < -0.39 is 11.6 Å². The van der Waals surface area contributed by atoms with Crippen molar-refractivity contribution in [2.45, 2.75) is 45.0 Å². The van der Waals surface area contributed by atoms with Crippen molar-refractivity contribution in [2.75, 3.05) is 5.73 Å². The van der Waals surface area contributed by atoms with Crippen LogP contribution in [0.2, 0.25) is 0 Å². The fraction of sp³-hybridized carbons (Fsp3) is 0.538. The van der Waals surface area contributed by atoms with E-state index in [0.717, 1.165) is 12.1 Å². The van der Waals surface area contributed by atoms with Crippen molar-refractivity contribution >= 4 is 5.69 Å². The molecule has 1 aromatic rings. The maximum atomic E-state index is 13.3. The summed E-state index contributed by atoms with van der Waals surface area (Å²) in [6, 6.07) is 1.86. The molecular weight excluding hydrogens is 240 g/mol. The highest BCUT2D eigenvalue weighted by molar-refractivity contribution is 5.53. The van der Waals surface area contributed by atoms with Crippen molar-refractivity contribution in [3.05, 3.63) is 23.8 Å². The summed E-state index contributed by atoms with van der Waals surface area (Å²) >= 11 is 0. The van der Waals surface area contributed by atoms with E-state index in [-0.39, 0.29) is 29.7 Å². The predicted octanol–water partition coefficient (Wildman–Crippen LogP) is 2.88. The standard InChI is InChI=1S/C13H17F2NO2/c1-7-3-10(4-8(2)17-7)18-12-6-9(14)5-11(15)13(12)16/h5-8,10H,3-4,16H2,1-2H3. The molecule has 1 heterocycles. The molecule has 100 valence electrons. The lowest BCUT2D eigenvalue weighted by atomic mass is 10.0. The van der Waals surface area contributed by atoms with Crippen LogP contribution in [0.25, 0.3) is 0 Å². The van der Waals surface area contributed by atoms with Gasteiger partial charge in [-0.25, -0.2) is 8.78 Å². The van der Waals surface area contributed by atoms with Crippen LogP contribution < -0.4 is 10.5 Å². The van der Waals surface area contributed by atoms with Crippen LogP contribution in [0.15, 0.2) is 12.1 Å². The molecule has 1 aromatic carbocycles. The monoisotopic (exact) mass is 257 g/mol. The molecule has 2 N–H and O–H groups in total. The number of nitrogen functional groups attached to an aromatic ring is 1. The molecule has 1 fully saturated rings. The van der Waals surface area contributed by atoms with Gasteiger partial charge in [-0.3, -0.25) is 0 Å². The Morgan fingerprint density at radius 2 is 1.83 bits per heavy atom. The first kappa shape index (κ1) is 13.1. The summed E-state index contributed by atoms with van der Waals surface area (Å²) in [6.45, 7) is 3.89. The lowest BCUT2D eigenvalue weighted by Gasteiger charge is -2.32. The van der Waals surface area contributed by atoms with E-state index in [9.17, 15) is 8.78 Å². The van der Waals surface area contributed by atoms with Gasteiger partial charge in [0, 0.05) is 25.0 Å². The number of nitrogens with two attached hydrogens (primary N) is 1. The summed E-state index contributed by atoms with van der Waals surface area (Å²) in [7, 11) is 0. The molecule has 1 aliphatic heterocycles. The molecule has 2 rings (SSSR count). The minimum absolute atomic E-state index is 0.0679. The third kappa shape index (κ3) is 2.90. The van der Waals surface area contributed by atoms with E-state index in [4.69, 9.17) is 15.2 Å². The Morgan fingerprint density at radius 3 is 2.44 bits per heavy atom. The molecule has 0 aromatic heterocycles. The third-order valence-corrected chi connectivity index (χ3v) is 3.00. The fourth-order valence-electron chi connectivity index (χ4n) is 2.28. The van der Waals surface area contributed by atoms with Crippen molar-refractivity contribution in [3.63, 3.8) is 0 Å². The average molecular weight is 257 g/mol. The zero-order chi connectivity index (χ0) is 13.3. The van der Waals surface area contributed by atoms with Gasteiger partial charge >= 0.3 is 0 Å². The molecule has 0 spiro atoms. The van der Waals surface area contributed by atoms with E-state index in [1.807, 2.05) is 13.8 Å². The fourth-order valence-corrected chi connectivity index (χ4v) is 2.28. The number of ether oxygens (including phenoxy) is 2. The first-order valence-electron chi connectivity index (χ1n) is 6.02. The van der Waals surface area contributed by atoms with Crippen molar-refractivity contribution in [1.82, 2.24) is 0 Å². The number of anilines is 1. The number of hydrogen-bond acceptors (Lipinski definition) is 3. The van der Waals surface area contributed by atoms with Gasteiger partial charge in [-0.05, 0) is 13.8 Å². The molecule has 1 saturated heterocycles. The van der Waals surface area contributed by atoms with Crippen molar-refractivity contribution in [3.8, 4) is 5.75 Å². The Balaban J connectivity index is 2.14. The smallest absolute Gasteiger partial charge is 0.152 e. The molecule has 0 amide bonds. The van der Waals surface area contributed by atoms with Gasteiger partial charge in [0.2, 0.25) is 0 Å². The first-order valence-corrected chi connectivity index (χ1v) is 6.02. The first-order chi connectivity index (χ1) is 8.45. The number of hydrogen-bond donors (Lipinski definition) is 1.